The Bertz CT molecular complexity index is 1970. The molecule has 2 heterocycles. The zero-order chi connectivity index (χ0) is 45.7. The summed E-state index contributed by atoms with van der Waals surface area (Å²) in [6.07, 6.45) is -1.02. The van der Waals surface area contributed by atoms with Crippen molar-refractivity contribution in [1.29, 1.82) is 0 Å². The molecule has 0 saturated heterocycles. The topological polar surface area (TPSA) is 202 Å². The minimum absolute atomic E-state index is 0.00953. The number of ether oxygens (including phenoxy) is 4. The maximum atomic E-state index is 12.0. The van der Waals surface area contributed by atoms with E-state index >= 15 is 0 Å². The Morgan fingerprint density at radius 3 is 1.87 bits per heavy atom. The number of benzene rings is 1. The Balaban J connectivity index is 0.000000454. The summed E-state index contributed by atoms with van der Waals surface area (Å²) in [5.41, 5.74) is 0.546. The fourth-order valence-electron chi connectivity index (χ4n) is 3.67. The molecule has 3 rings (SSSR count). The van der Waals surface area contributed by atoms with Crippen molar-refractivity contribution in [3.8, 4) is 0 Å². The molecule has 0 spiro atoms. The van der Waals surface area contributed by atoms with Crippen molar-refractivity contribution in [3.05, 3.63) is 64.7 Å². The summed E-state index contributed by atoms with van der Waals surface area (Å²) in [6, 6.07) is 8.59. The molecule has 3 aromatic rings. The van der Waals surface area contributed by atoms with E-state index in [9.17, 15) is 27.6 Å². The highest BCUT2D eigenvalue weighted by Crippen LogP contribution is 2.14. The second-order valence-electron chi connectivity index (χ2n) is 13.2. The van der Waals surface area contributed by atoms with Gasteiger partial charge in [-0.05, 0) is 86.6 Å². The number of rotatable bonds is 10. The average Bonchev–Trinajstić information content (AvgIpc) is 3.71. The Kier molecular flexibility index (Phi) is 14.0. The molecule has 0 aliphatic carbocycles. The number of carbonyl (C=O) groups excluding carboxylic acids is 4. The summed E-state index contributed by atoms with van der Waals surface area (Å²) in [5.74, 6) is -1.28. The highest BCUT2D eigenvalue weighted by Gasteiger charge is 2.23. The molecule has 1 N–H and O–H groups in total. The molecule has 0 unspecified atom stereocenters. The van der Waals surface area contributed by atoms with Crippen LogP contribution in [0.3, 0.4) is 0 Å². The van der Waals surface area contributed by atoms with Gasteiger partial charge >= 0.3 is 24.1 Å². The van der Waals surface area contributed by atoms with Gasteiger partial charge in [-0.2, -0.15) is 18.6 Å². The van der Waals surface area contributed by atoms with E-state index in [1.807, 2.05) is 0 Å². The van der Waals surface area contributed by atoms with Gasteiger partial charge in [0, 0.05) is 25.2 Å². The number of aryl methyl sites for hydroxylation is 2. The predicted molar refractivity (Wildman–Crippen MR) is 194 cm³/mol. The van der Waals surface area contributed by atoms with E-state index in [4.69, 9.17) is 27.2 Å². The standard InChI is InChI=1S/C14H23N3O4.C13H21N3O4.C8H10O3S/c1-7-20-12(18)11-8-10(15-17(11)6)9-16(5)13(19)21-14(2,3)4;1-6-19-11(17)10-7-9(14-15-10)8-16(5)12(18)20-13(2,3)4;1-7-3-5-8(6-4-7)12(9,10)11-2/h8H,7,9H2,1-6H3;7H,6,8H2,1-5H3,(H,14,15);3-6H,1-2H3/i6D3;;2D3. The van der Waals surface area contributed by atoms with Gasteiger partial charge in [-0.1, -0.05) is 17.7 Å². The van der Waals surface area contributed by atoms with Crippen LogP contribution < -0.4 is 0 Å². The number of H-pyrrole nitrogens is 1. The molecular formula is C35H54N6O11S. The third-order valence-corrected chi connectivity index (χ3v) is 7.07. The lowest BCUT2D eigenvalue weighted by Crippen LogP contribution is -2.33. The number of nitrogens with one attached hydrogen (secondary N) is 1. The zero-order valence-corrected chi connectivity index (χ0v) is 32.7. The van der Waals surface area contributed by atoms with Gasteiger partial charge in [0.2, 0.25) is 0 Å². The van der Waals surface area contributed by atoms with Crippen molar-refractivity contribution in [1.82, 2.24) is 29.8 Å². The molecule has 0 aliphatic heterocycles. The number of aromatic nitrogens is 4. The first-order valence-corrected chi connectivity index (χ1v) is 17.6. The van der Waals surface area contributed by atoms with E-state index < -0.39 is 59.5 Å². The van der Waals surface area contributed by atoms with E-state index in [2.05, 4.69) is 19.5 Å². The number of amides is 2. The van der Waals surface area contributed by atoms with Crippen LogP contribution in [0.25, 0.3) is 0 Å². The molecule has 0 radical (unpaired) electrons. The molecule has 0 bridgehead atoms. The molecule has 0 fully saturated rings. The smallest absolute Gasteiger partial charge is 0.410 e. The second-order valence-corrected chi connectivity index (χ2v) is 14.7. The van der Waals surface area contributed by atoms with Crippen molar-refractivity contribution >= 4 is 34.2 Å². The van der Waals surface area contributed by atoms with Crippen molar-refractivity contribution in [2.75, 3.05) is 34.3 Å². The van der Waals surface area contributed by atoms with Gasteiger partial charge in [0.05, 0.1) is 53.7 Å². The molecule has 2 amide bonds. The van der Waals surface area contributed by atoms with Gasteiger partial charge in [-0.15, -0.1) is 0 Å². The highest BCUT2D eigenvalue weighted by atomic mass is 32.2. The fraction of sp³-hybridized carbons (Fsp3) is 0.543. The van der Waals surface area contributed by atoms with Crippen molar-refractivity contribution < 1.29 is 59.0 Å². The predicted octanol–water partition coefficient (Wildman–Crippen LogP) is 5.25. The Morgan fingerprint density at radius 2 is 1.38 bits per heavy atom. The number of nitrogens with zero attached hydrogens (tertiary/aromatic N) is 5. The summed E-state index contributed by atoms with van der Waals surface area (Å²) in [6.45, 7) is 13.8. The highest BCUT2D eigenvalue weighted by molar-refractivity contribution is 7.86. The Morgan fingerprint density at radius 1 is 0.849 bits per heavy atom. The molecule has 17 nitrogen and oxygen atoms in total. The average molecular weight is 773 g/mol. The van der Waals surface area contributed by atoms with Crippen molar-refractivity contribution in [2.24, 2.45) is 6.98 Å². The third kappa shape index (κ3) is 16.9. The van der Waals surface area contributed by atoms with E-state index in [1.165, 1.54) is 35.0 Å². The van der Waals surface area contributed by atoms with Gasteiger partial charge in [0.15, 0.2) is 5.69 Å². The summed E-state index contributed by atoms with van der Waals surface area (Å²) >= 11 is 0. The van der Waals surface area contributed by atoms with Gasteiger partial charge in [0.1, 0.15) is 16.9 Å². The lowest BCUT2D eigenvalue weighted by Gasteiger charge is -2.24. The van der Waals surface area contributed by atoms with Crippen LogP contribution in [-0.2, 0) is 53.3 Å². The minimum Gasteiger partial charge on any atom is -0.461 e. The SMILES string of the molecule is CCOC(=O)c1cc(CN(C)C(=O)OC(C)(C)C)[nH]n1.[2H]C([2H])([2H])OS(=O)(=O)c1ccc(C)cc1.[2H]C([2H])([2H])n1nc(CN(C)C(=O)OC(C)(C)C)cc1C(=O)OCC. The van der Waals surface area contributed by atoms with Crippen molar-refractivity contribution in [3.63, 3.8) is 0 Å². The van der Waals surface area contributed by atoms with Crippen LogP contribution in [0.15, 0.2) is 41.3 Å². The van der Waals surface area contributed by atoms with Crippen LogP contribution in [0.1, 0.15) is 102 Å². The molecule has 296 valence electrons. The normalized spacial score (nSPS) is 13.3. The number of carbonyl (C=O) groups is 4. The van der Waals surface area contributed by atoms with Crippen molar-refractivity contribution in [2.45, 2.75) is 91.5 Å². The first-order chi connectivity index (χ1) is 26.8. The van der Waals surface area contributed by atoms with E-state index in [0.29, 0.717) is 17.0 Å². The lowest BCUT2D eigenvalue weighted by molar-refractivity contribution is 0.0273. The largest absolute Gasteiger partial charge is 0.461 e. The summed E-state index contributed by atoms with van der Waals surface area (Å²) in [5, 5.41) is 10.4. The lowest BCUT2D eigenvalue weighted by atomic mass is 10.2. The number of hydrogen-bond donors (Lipinski definition) is 1. The number of hydrogen-bond acceptors (Lipinski definition) is 13. The van der Waals surface area contributed by atoms with Crippen LogP contribution in [0.5, 0.6) is 0 Å². The molecule has 2 aromatic heterocycles. The first kappa shape index (κ1) is 36.4. The fourth-order valence-corrected chi connectivity index (χ4v) is 4.24. The summed E-state index contributed by atoms with van der Waals surface area (Å²) in [7, 11) is -4.05. The van der Waals surface area contributed by atoms with Gasteiger partial charge < -0.3 is 28.7 Å². The molecule has 0 aliphatic rings. The van der Waals surface area contributed by atoms with E-state index in [1.54, 1.807) is 87.6 Å². The molecule has 53 heavy (non-hydrogen) atoms. The molecular weight excluding hydrogens is 712 g/mol. The molecule has 0 atom stereocenters. The summed E-state index contributed by atoms with van der Waals surface area (Å²) in [4.78, 5) is 49.6. The second kappa shape index (κ2) is 20.3. The molecule has 0 saturated carbocycles. The van der Waals surface area contributed by atoms with E-state index in [0.717, 1.165) is 5.56 Å². The Hall–Kier alpha value is -4.97. The monoisotopic (exact) mass is 772 g/mol. The van der Waals surface area contributed by atoms with E-state index in [-0.39, 0.29) is 41.7 Å². The summed E-state index contributed by atoms with van der Waals surface area (Å²) < 4.78 is 90.0. The zero-order valence-electron chi connectivity index (χ0n) is 37.9. The number of esters is 2. The maximum Gasteiger partial charge on any atom is 0.410 e. The van der Waals surface area contributed by atoms with Crippen LogP contribution in [-0.4, -0.2) is 108 Å². The van der Waals surface area contributed by atoms with Crippen LogP contribution in [0, 0.1) is 6.92 Å². The first-order valence-electron chi connectivity index (χ1n) is 19.2. The third-order valence-electron chi connectivity index (χ3n) is 6.00. The molecule has 18 heteroatoms. The van der Waals surface area contributed by atoms with Crippen LogP contribution >= 0.6 is 0 Å². The quantitative estimate of drug-likeness (QED) is 0.159. The van der Waals surface area contributed by atoms with Gasteiger partial charge in [-0.25, -0.2) is 19.2 Å². The molecule has 1 aromatic carbocycles. The minimum atomic E-state index is -4.20. The van der Waals surface area contributed by atoms with Crippen LogP contribution in [0.4, 0.5) is 9.59 Å². The Labute approximate surface area is 320 Å². The van der Waals surface area contributed by atoms with Gasteiger partial charge in [-0.3, -0.25) is 14.0 Å². The van der Waals surface area contributed by atoms with Gasteiger partial charge in [0.25, 0.3) is 10.1 Å². The number of aromatic amines is 1. The van der Waals surface area contributed by atoms with Crippen LogP contribution in [0.2, 0.25) is 0 Å². The maximum absolute atomic E-state index is 12.0.